The third kappa shape index (κ3) is 3.18. The molecule has 1 aliphatic rings. The lowest BCUT2D eigenvalue weighted by Crippen LogP contribution is -2.37. The second-order valence-corrected chi connectivity index (χ2v) is 3.25. The molecule has 4 N–H and O–H groups in total. The molecule has 3 heteroatoms. The molecule has 1 fully saturated rings. The Labute approximate surface area is 68.0 Å². The topological polar surface area (TPSA) is 58.3 Å². The lowest BCUT2D eigenvalue weighted by molar-refractivity contribution is 0.117. The van der Waals surface area contributed by atoms with Gasteiger partial charge in [0.1, 0.15) is 0 Å². The molecule has 0 heterocycles. The lowest BCUT2D eigenvalue weighted by Gasteiger charge is -2.25. The van der Waals surface area contributed by atoms with E-state index in [1.807, 2.05) is 0 Å². The van der Waals surface area contributed by atoms with Crippen molar-refractivity contribution in [2.45, 2.75) is 37.8 Å². The van der Waals surface area contributed by atoms with Crippen molar-refractivity contribution in [3.63, 3.8) is 0 Å². The van der Waals surface area contributed by atoms with Crippen LogP contribution in [0.3, 0.4) is 0 Å². The maximum Gasteiger partial charge on any atom is 0.0541 e. The van der Waals surface area contributed by atoms with Gasteiger partial charge in [-0.2, -0.15) is 0 Å². The average molecular weight is 158 g/mol. The van der Waals surface area contributed by atoms with Crippen molar-refractivity contribution >= 4 is 0 Å². The smallest absolute Gasteiger partial charge is 0.0541 e. The van der Waals surface area contributed by atoms with Crippen molar-refractivity contribution in [1.82, 2.24) is 5.32 Å². The summed E-state index contributed by atoms with van der Waals surface area (Å²) in [6.45, 7) is 1.61. The van der Waals surface area contributed by atoms with E-state index in [1.165, 1.54) is 0 Å². The second-order valence-electron chi connectivity index (χ2n) is 3.25. The highest BCUT2D eigenvalue weighted by Crippen LogP contribution is 2.17. The van der Waals surface area contributed by atoms with Gasteiger partial charge in [-0.1, -0.05) is 0 Å². The first-order chi connectivity index (χ1) is 5.33. The van der Waals surface area contributed by atoms with Crippen molar-refractivity contribution in [3.8, 4) is 0 Å². The third-order valence-corrected chi connectivity index (χ3v) is 2.27. The molecule has 0 atom stereocenters. The van der Waals surface area contributed by atoms with Gasteiger partial charge >= 0.3 is 0 Å². The summed E-state index contributed by atoms with van der Waals surface area (Å²) in [7, 11) is 0. The Kier molecular flexibility index (Phi) is 3.83. The van der Waals surface area contributed by atoms with Gasteiger partial charge in [-0.05, 0) is 25.7 Å². The van der Waals surface area contributed by atoms with Crippen LogP contribution < -0.4 is 11.1 Å². The van der Waals surface area contributed by atoms with Crippen LogP contribution in [0.5, 0.6) is 0 Å². The molecule has 1 aliphatic carbocycles. The van der Waals surface area contributed by atoms with E-state index in [2.05, 4.69) is 5.32 Å². The van der Waals surface area contributed by atoms with Crippen molar-refractivity contribution in [2.75, 3.05) is 13.1 Å². The van der Waals surface area contributed by atoms with Gasteiger partial charge in [-0.15, -0.1) is 0 Å². The van der Waals surface area contributed by atoms with Crippen molar-refractivity contribution in [2.24, 2.45) is 5.73 Å². The van der Waals surface area contributed by atoms with E-state index < -0.39 is 0 Å². The summed E-state index contributed by atoms with van der Waals surface area (Å²) in [5.74, 6) is 0. The highest BCUT2D eigenvalue weighted by Gasteiger charge is 2.17. The number of aliphatic hydroxyl groups is 1. The Bertz CT molecular complexity index is 97.5. The summed E-state index contributed by atoms with van der Waals surface area (Å²) in [4.78, 5) is 0. The number of hydrogen-bond donors (Lipinski definition) is 3. The normalized spacial score (nSPS) is 32.2. The van der Waals surface area contributed by atoms with Gasteiger partial charge in [0.2, 0.25) is 0 Å². The highest BCUT2D eigenvalue weighted by atomic mass is 16.3. The summed E-state index contributed by atoms with van der Waals surface area (Å²) in [5.41, 5.74) is 5.36. The number of nitrogens with one attached hydrogen (secondary N) is 1. The Morgan fingerprint density at radius 1 is 1.27 bits per heavy atom. The summed E-state index contributed by atoms with van der Waals surface area (Å²) in [6.07, 6.45) is 4.04. The maximum absolute atomic E-state index is 9.20. The van der Waals surface area contributed by atoms with E-state index in [0.29, 0.717) is 12.6 Å². The molecule has 0 aromatic carbocycles. The van der Waals surface area contributed by atoms with Crippen LogP contribution in [0.15, 0.2) is 0 Å². The summed E-state index contributed by atoms with van der Waals surface area (Å²) >= 11 is 0. The molecular formula is C8H18N2O. The number of aliphatic hydroxyl groups excluding tert-OH is 1. The van der Waals surface area contributed by atoms with Gasteiger partial charge in [0, 0.05) is 19.1 Å². The molecule has 0 unspecified atom stereocenters. The van der Waals surface area contributed by atoms with Crippen molar-refractivity contribution < 1.29 is 5.11 Å². The van der Waals surface area contributed by atoms with Crippen LogP contribution in [0.4, 0.5) is 0 Å². The number of nitrogens with two attached hydrogens (primary N) is 1. The Morgan fingerprint density at radius 2 is 1.91 bits per heavy atom. The first-order valence-electron chi connectivity index (χ1n) is 4.44. The molecule has 0 aliphatic heterocycles. The summed E-state index contributed by atoms with van der Waals surface area (Å²) in [5, 5.41) is 12.6. The molecule has 0 radical (unpaired) electrons. The molecule has 0 bridgehead atoms. The average Bonchev–Trinajstić information content (AvgIpc) is 2.04. The zero-order valence-electron chi connectivity index (χ0n) is 6.92. The zero-order valence-corrected chi connectivity index (χ0v) is 6.92. The van der Waals surface area contributed by atoms with Crippen LogP contribution >= 0.6 is 0 Å². The van der Waals surface area contributed by atoms with Crippen LogP contribution in [0.25, 0.3) is 0 Å². The number of rotatable bonds is 3. The lowest BCUT2D eigenvalue weighted by atomic mass is 9.93. The maximum atomic E-state index is 9.20. The van der Waals surface area contributed by atoms with Crippen LogP contribution in [0.2, 0.25) is 0 Å². The SMILES string of the molecule is NCCN[C@H]1CC[C@@H](O)CC1. The predicted octanol–water partition coefficient (Wildman–Crippen LogP) is -0.162. The first-order valence-corrected chi connectivity index (χ1v) is 4.44. The molecule has 0 aromatic heterocycles. The van der Waals surface area contributed by atoms with Gasteiger partial charge in [0.05, 0.1) is 6.10 Å². The van der Waals surface area contributed by atoms with Gasteiger partial charge < -0.3 is 16.2 Å². The van der Waals surface area contributed by atoms with Crippen molar-refractivity contribution in [1.29, 1.82) is 0 Å². The largest absolute Gasteiger partial charge is 0.393 e. The molecule has 66 valence electrons. The summed E-state index contributed by atoms with van der Waals surface area (Å²) < 4.78 is 0. The number of hydrogen-bond acceptors (Lipinski definition) is 3. The van der Waals surface area contributed by atoms with E-state index >= 15 is 0 Å². The summed E-state index contributed by atoms with van der Waals surface area (Å²) in [6, 6.07) is 0.599. The minimum absolute atomic E-state index is 0.0501. The molecule has 11 heavy (non-hydrogen) atoms. The van der Waals surface area contributed by atoms with Crippen LogP contribution in [0, 0.1) is 0 Å². The quantitative estimate of drug-likeness (QED) is 0.535. The van der Waals surface area contributed by atoms with Crippen LogP contribution in [0.1, 0.15) is 25.7 Å². The van der Waals surface area contributed by atoms with Crippen LogP contribution in [-0.2, 0) is 0 Å². The molecule has 1 saturated carbocycles. The van der Waals surface area contributed by atoms with E-state index in [9.17, 15) is 5.11 Å². The molecular weight excluding hydrogens is 140 g/mol. The Balaban J connectivity index is 2.07. The van der Waals surface area contributed by atoms with Gasteiger partial charge in [0.15, 0.2) is 0 Å². The fourth-order valence-corrected chi connectivity index (χ4v) is 1.57. The second kappa shape index (κ2) is 4.70. The minimum Gasteiger partial charge on any atom is -0.393 e. The van der Waals surface area contributed by atoms with E-state index in [4.69, 9.17) is 5.73 Å². The fourth-order valence-electron chi connectivity index (χ4n) is 1.57. The zero-order chi connectivity index (χ0) is 8.10. The predicted molar refractivity (Wildman–Crippen MR) is 45.3 cm³/mol. The standard InChI is InChI=1S/C8H18N2O/c9-5-6-10-7-1-3-8(11)4-2-7/h7-8,10-11H,1-6,9H2/t7-,8+. The van der Waals surface area contributed by atoms with Crippen molar-refractivity contribution in [3.05, 3.63) is 0 Å². The molecule has 0 aromatic rings. The van der Waals surface area contributed by atoms with E-state index in [0.717, 1.165) is 32.2 Å². The Morgan fingerprint density at radius 3 is 2.45 bits per heavy atom. The molecule has 0 saturated heterocycles. The monoisotopic (exact) mass is 158 g/mol. The van der Waals surface area contributed by atoms with Gasteiger partial charge in [-0.3, -0.25) is 0 Å². The molecule has 0 spiro atoms. The first kappa shape index (κ1) is 8.97. The molecule has 1 rings (SSSR count). The van der Waals surface area contributed by atoms with E-state index in [1.54, 1.807) is 0 Å². The van der Waals surface area contributed by atoms with E-state index in [-0.39, 0.29) is 6.10 Å². The third-order valence-electron chi connectivity index (χ3n) is 2.27. The minimum atomic E-state index is -0.0501. The highest BCUT2D eigenvalue weighted by molar-refractivity contribution is 4.76. The molecule has 0 amide bonds. The molecule has 3 nitrogen and oxygen atoms in total. The fraction of sp³-hybridized carbons (Fsp3) is 1.00. The Hall–Kier alpha value is -0.120. The van der Waals surface area contributed by atoms with Crippen LogP contribution in [-0.4, -0.2) is 30.3 Å². The van der Waals surface area contributed by atoms with Gasteiger partial charge in [-0.25, -0.2) is 0 Å². The van der Waals surface area contributed by atoms with Gasteiger partial charge in [0.25, 0.3) is 0 Å².